The minimum absolute atomic E-state index is 0.126. The molecule has 1 aromatic rings. The Labute approximate surface area is 110 Å². The van der Waals surface area contributed by atoms with Gasteiger partial charge in [0.1, 0.15) is 5.75 Å². The van der Waals surface area contributed by atoms with E-state index in [1.54, 1.807) is 0 Å². The number of carboxylic acids is 1. The summed E-state index contributed by atoms with van der Waals surface area (Å²) in [6, 6.07) is 5.71. The molecule has 17 heavy (non-hydrogen) atoms. The van der Waals surface area contributed by atoms with Crippen molar-refractivity contribution in [2.75, 3.05) is 6.61 Å². The second-order valence-corrected chi connectivity index (χ2v) is 4.76. The lowest BCUT2D eigenvalue weighted by Crippen LogP contribution is -2.02. The highest BCUT2D eigenvalue weighted by Crippen LogP contribution is 2.24. The smallest absolute Gasteiger partial charge is 0.303 e. The third-order valence-corrected chi connectivity index (χ3v) is 2.88. The summed E-state index contributed by atoms with van der Waals surface area (Å²) < 4.78 is 6.60. The molecular weight excluding hydrogens is 284 g/mol. The molecule has 0 atom stereocenters. The molecule has 0 aliphatic carbocycles. The number of ether oxygens (including phenoxy) is 1. The lowest BCUT2D eigenvalue weighted by Gasteiger charge is -2.11. The van der Waals surface area contributed by atoms with Crippen LogP contribution in [-0.2, 0) is 11.2 Å². The van der Waals surface area contributed by atoms with Crippen LogP contribution < -0.4 is 4.74 Å². The summed E-state index contributed by atoms with van der Waals surface area (Å²) in [4.78, 5) is 10.6. The summed E-state index contributed by atoms with van der Waals surface area (Å²) in [5.74, 6) is 0.00684. The third kappa shape index (κ3) is 5.22. The van der Waals surface area contributed by atoms with E-state index in [0.29, 0.717) is 13.0 Å². The van der Waals surface area contributed by atoms with Crippen LogP contribution in [0.2, 0.25) is 0 Å². The molecule has 0 saturated carbocycles. The minimum Gasteiger partial charge on any atom is -0.493 e. The summed E-state index contributed by atoms with van der Waals surface area (Å²) in [6.45, 7) is 2.79. The lowest BCUT2D eigenvalue weighted by atomic mass is 10.1. The Morgan fingerprint density at radius 1 is 1.47 bits per heavy atom. The number of halogens is 1. The minimum atomic E-state index is -0.788. The first-order chi connectivity index (χ1) is 8.13. The van der Waals surface area contributed by atoms with Crippen LogP contribution in [-0.4, -0.2) is 17.7 Å². The molecule has 0 saturated heterocycles. The maximum atomic E-state index is 10.6. The van der Waals surface area contributed by atoms with Crippen molar-refractivity contribution in [3.63, 3.8) is 0 Å². The predicted octanol–water partition coefficient (Wildman–Crippen LogP) is 3.65. The maximum Gasteiger partial charge on any atom is 0.303 e. The van der Waals surface area contributed by atoms with E-state index >= 15 is 0 Å². The van der Waals surface area contributed by atoms with E-state index in [9.17, 15) is 4.79 Å². The summed E-state index contributed by atoms with van der Waals surface area (Å²) in [7, 11) is 0. The monoisotopic (exact) mass is 300 g/mol. The Bertz CT molecular complexity index is 377. The molecule has 0 spiro atoms. The SMILES string of the molecule is CCCCOc1ccc(Br)cc1CCC(=O)O. The van der Waals surface area contributed by atoms with Gasteiger partial charge in [-0.1, -0.05) is 29.3 Å². The van der Waals surface area contributed by atoms with E-state index < -0.39 is 5.97 Å². The fraction of sp³-hybridized carbons (Fsp3) is 0.462. The zero-order valence-corrected chi connectivity index (χ0v) is 11.5. The lowest BCUT2D eigenvalue weighted by molar-refractivity contribution is -0.136. The third-order valence-electron chi connectivity index (χ3n) is 2.39. The predicted molar refractivity (Wildman–Crippen MR) is 70.5 cm³/mol. The van der Waals surface area contributed by atoms with Crippen molar-refractivity contribution >= 4 is 21.9 Å². The van der Waals surface area contributed by atoms with Crippen molar-refractivity contribution in [2.45, 2.75) is 32.6 Å². The molecule has 1 N–H and O–H groups in total. The van der Waals surface area contributed by atoms with Crippen molar-refractivity contribution in [3.8, 4) is 5.75 Å². The molecule has 0 amide bonds. The van der Waals surface area contributed by atoms with Crippen molar-refractivity contribution in [2.24, 2.45) is 0 Å². The van der Waals surface area contributed by atoms with E-state index in [0.717, 1.165) is 28.6 Å². The van der Waals surface area contributed by atoms with Crippen LogP contribution in [0, 0.1) is 0 Å². The molecule has 0 bridgehead atoms. The van der Waals surface area contributed by atoms with Gasteiger partial charge in [-0.15, -0.1) is 0 Å². The Balaban J connectivity index is 2.69. The first-order valence-corrected chi connectivity index (χ1v) is 6.55. The van der Waals surface area contributed by atoms with Crippen LogP contribution in [0.3, 0.4) is 0 Å². The van der Waals surface area contributed by atoms with Gasteiger partial charge >= 0.3 is 5.97 Å². The Morgan fingerprint density at radius 2 is 2.24 bits per heavy atom. The number of unbranched alkanes of at least 4 members (excludes halogenated alkanes) is 1. The van der Waals surface area contributed by atoms with E-state index in [-0.39, 0.29) is 6.42 Å². The molecule has 0 aliphatic rings. The van der Waals surface area contributed by atoms with Crippen molar-refractivity contribution in [1.82, 2.24) is 0 Å². The van der Waals surface area contributed by atoms with Crippen molar-refractivity contribution < 1.29 is 14.6 Å². The number of benzene rings is 1. The Morgan fingerprint density at radius 3 is 2.88 bits per heavy atom. The van der Waals surface area contributed by atoms with Gasteiger partial charge in [0.25, 0.3) is 0 Å². The molecule has 1 rings (SSSR count). The average molecular weight is 301 g/mol. The highest BCUT2D eigenvalue weighted by atomic mass is 79.9. The van der Waals surface area contributed by atoms with E-state index in [4.69, 9.17) is 9.84 Å². The van der Waals surface area contributed by atoms with E-state index in [1.807, 2.05) is 18.2 Å². The van der Waals surface area contributed by atoms with E-state index in [1.165, 1.54) is 0 Å². The van der Waals surface area contributed by atoms with Gasteiger partial charge in [-0.2, -0.15) is 0 Å². The number of hydrogen-bond acceptors (Lipinski definition) is 2. The van der Waals surface area contributed by atoms with Gasteiger partial charge in [-0.05, 0) is 36.6 Å². The Hall–Kier alpha value is -1.03. The molecule has 0 fully saturated rings. The molecule has 0 radical (unpaired) electrons. The fourth-order valence-corrected chi connectivity index (χ4v) is 1.86. The molecule has 4 heteroatoms. The number of aliphatic carboxylic acids is 1. The number of hydrogen-bond donors (Lipinski definition) is 1. The number of aryl methyl sites for hydroxylation is 1. The summed E-state index contributed by atoms with van der Waals surface area (Å²) in [5.41, 5.74) is 0.942. The van der Waals surface area contributed by atoms with Gasteiger partial charge in [0.2, 0.25) is 0 Å². The van der Waals surface area contributed by atoms with Gasteiger partial charge < -0.3 is 9.84 Å². The molecule has 0 aliphatic heterocycles. The largest absolute Gasteiger partial charge is 0.493 e. The first kappa shape index (κ1) is 14.0. The van der Waals surface area contributed by atoms with Crippen LogP contribution in [0.5, 0.6) is 5.75 Å². The molecular formula is C13H17BrO3. The maximum absolute atomic E-state index is 10.6. The van der Waals surface area contributed by atoms with Crippen LogP contribution in [0.25, 0.3) is 0 Å². The molecule has 0 aromatic heterocycles. The normalized spacial score (nSPS) is 10.2. The second-order valence-electron chi connectivity index (χ2n) is 3.85. The highest BCUT2D eigenvalue weighted by Gasteiger charge is 2.07. The average Bonchev–Trinajstić information content (AvgIpc) is 2.29. The zero-order valence-electron chi connectivity index (χ0n) is 9.91. The van der Waals surface area contributed by atoms with Crippen LogP contribution in [0.4, 0.5) is 0 Å². The van der Waals surface area contributed by atoms with Crippen LogP contribution in [0.15, 0.2) is 22.7 Å². The topological polar surface area (TPSA) is 46.5 Å². The quantitative estimate of drug-likeness (QED) is 0.782. The van der Waals surface area contributed by atoms with E-state index in [2.05, 4.69) is 22.9 Å². The second kappa shape index (κ2) is 7.33. The summed E-state index contributed by atoms with van der Waals surface area (Å²) in [5, 5.41) is 8.70. The number of rotatable bonds is 7. The van der Waals surface area contributed by atoms with Gasteiger partial charge in [0.05, 0.1) is 6.61 Å². The fourth-order valence-electron chi connectivity index (χ4n) is 1.45. The molecule has 0 heterocycles. The molecule has 3 nitrogen and oxygen atoms in total. The summed E-state index contributed by atoms with van der Waals surface area (Å²) >= 11 is 3.38. The van der Waals surface area contributed by atoms with Crippen molar-refractivity contribution in [3.05, 3.63) is 28.2 Å². The standard InChI is InChI=1S/C13H17BrO3/c1-2-3-8-17-12-6-5-11(14)9-10(12)4-7-13(15)16/h5-6,9H,2-4,7-8H2,1H3,(H,15,16). The molecule has 0 unspecified atom stereocenters. The highest BCUT2D eigenvalue weighted by molar-refractivity contribution is 9.10. The van der Waals surface area contributed by atoms with Gasteiger partial charge in [0, 0.05) is 10.9 Å². The van der Waals surface area contributed by atoms with Gasteiger partial charge in [-0.3, -0.25) is 4.79 Å². The first-order valence-electron chi connectivity index (χ1n) is 5.76. The number of carboxylic acid groups (broad SMARTS) is 1. The molecule has 1 aromatic carbocycles. The van der Waals surface area contributed by atoms with Gasteiger partial charge in [0.15, 0.2) is 0 Å². The van der Waals surface area contributed by atoms with Gasteiger partial charge in [-0.25, -0.2) is 0 Å². The van der Waals surface area contributed by atoms with Crippen LogP contribution in [0.1, 0.15) is 31.7 Å². The Kier molecular flexibility index (Phi) is 6.05. The molecule has 94 valence electrons. The van der Waals surface area contributed by atoms with Crippen LogP contribution >= 0.6 is 15.9 Å². The zero-order chi connectivity index (χ0) is 12.7. The number of carbonyl (C=O) groups is 1. The summed E-state index contributed by atoms with van der Waals surface area (Å²) in [6.07, 6.45) is 2.71. The van der Waals surface area contributed by atoms with Crippen molar-refractivity contribution in [1.29, 1.82) is 0 Å².